The van der Waals surface area contributed by atoms with Gasteiger partial charge in [-0.05, 0) is 32.7 Å². The normalized spacial score (nSPS) is 23.8. The highest BCUT2D eigenvalue weighted by atomic mass is 16.5. The minimum Gasteiger partial charge on any atom is -0.468 e. The molecule has 0 aromatic heterocycles. The van der Waals surface area contributed by atoms with Gasteiger partial charge in [-0.3, -0.25) is 9.59 Å². The third kappa shape index (κ3) is 3.43. The largest absolute Gasteiger partial charge is 0.468 e. The number of amides is 1. The predicted octanol–water partition coefficient (Wildman–Crippen LogP) is 0.394. The summed E-state index contributed by atoms with van der Waals surface area (Å²) in [5.41, 5.74) is 0. The van der Waals surface area contributed by atoms with Crippen molar-refractivity contribution in [2.24, 2.45) is 5.92 Å². The molecule has 1 aliphatic heterocycles. The van der Waals surface area contributed by atoms with Crippen molar-refractivity contribution < 1.29 is 14.3 Å². The molecular formula is C12H22N2O3. The quantitative estimate of drug-likeness (QED) is 0.725. The number of rotatable bonds is 4. The van der Waals surface area contributed by atoms with Crippen LogP contribution in [-0.2, 0) is 14.3 Å². The average Bonchev–Trinajstić information content (AvgIpc) is 2.70. The molecule has 1 aliphatic rings. The molecule has 0 spiro atoms. The van der Waals surface area contributed by atoms with Gasteiger partial charge in [0.2, 0.25) is 5.91 Å². The molecule has 1 heterocycles. The first kappa shape index (κ1) is 14.0. The van der Waals surface area contributed by atoms with Crippen molar-refractivity contribution in [1.82, 2.24) is 10.2 Å². The van der Waals surface area contributed by atoms with Crippen molar-refractivity contribution in [3.05, 3.63) is 0 Å². The molecule has 1 saturated heterocycles. The Morgan fingerprint density at radius 3 is 2.53 bits per heavy atom. The fraction of sp³-hybridized carbons (Fsp3) is 0.833. The molecular weight excluding hydrogens is 220 g/mol. The lowest BCUT2D eigenvalue weighted by molar-refractivity contribution is -0.149. The van der Waals surface area contributed by atoms with Gasteiger partial charge in [-0.1, -0.05) is 6.92 Å². The fourth-order valence-corrected chi connectivity index (χ4v) is 2.06. The molecule has 1 rings (SSSR count). The van der Waals surface area contributed by atoms with Crippen molar-refractivity contribution in [3.63, 3.8) is 0 Å². The van der Waals surface area contributed by atoms with Gasteiger partial charge in [-0.15, -0.1) is 0 Å². The Morgan fingerprint density at radius 2 is 2.12 bits per heavy atom. The van der Waals surface area contributed by atoms with E-state index >= 15 is 0 Å². The maximum absolute atomic E-state index is 12.3. The van der Waals surface area contributed by atoms with Gasteiger partial charge in [-0.25, -0.2) is 0 Å². The molecule has 2 unspecified atom stereocenters. The predicted molar refractivity (Wildman–Crippen MR) is 64.4 cm³/mol. The summed E-state index contributed by atoms with van der Waals surface area (Å²) in [4.78, 5) is 25.2. The van der Waals surface area contributed by atoms with E-state index in [9.17, 15) is 9.59 Å². The zero-order valence-electron chi connectivity index (χ0n) is 11.0. The van der Waals surface area contributed by atoms with Crippen LogP contribution >= 0.6 is 0 Å². The smallest absolute Gasteiger partial charge is 0.325 e. The number of nitrogens with zero attached hydrogens (tertiary/aromatic N) is 1. The van der Waals surface area contributed by atoms with Gasteiger partial charge in [0.05, 0.1) is 13.2 Å². The van der Waals surface area contributed by atoms with Crippen LogP contribution in [0.5, 0.6) is 0 Å². The molecule has 0 aromatic carbocycles. The van der Waals surface area contributed by atoms with Crippen LogP contribution in [0.1, 0.15) is 27.2 Å². The molecule has 17 heavy (non-hydrogen) atoms. The van der Waals surface area contributed by atoms with Crippen LogP contribution in [-0.4, -0.2) is 49.1 Å². The maximum atomic E-state index is 12.3. The number of esters is 1. The Kier molecular flexibility index (Phi) is 4.93. The third-order valence-electron chi connectivity index (χ3n) is 3.23. The van der Waals surface area contributed by atoms with Gasteiger partial charge < -0.3 is 15.0 Å². The van der Waals surface area contributed by atoms with E-state index in [0.29, 0.717) is 5.92 Å². The van der Waals surface area contributed by atoms with Crippen molar-refractivity contribution in [2.75, 3.05) is 20.2 Å². The lowest BCUT2D eigenvalue weighted by atomic mass is 10.0. The topological polar surface area (TPSA) is 58.6 Å². The van der Waals surface area contributed by atoms with Crippen molar-refractivity contribution in [2.45, 2.75) is 39.3 Å². The summed E-state index contributed by atoms with van der Waals surface area (Å²) in [5, 5.41) is 3.19. The Balaban J connectivity index is 2.69. The second-order valence-electron chi connectivity index (χ2n) is 4.83. The van der Waals surface area contributed by atoms with Gasteiger partial charge in [0.25, 0.3) is 0 Å². The van der Waals surface area contributed by atoms with Crippen molar-refractivity contribution in [3.8, 4) is 0 Å². The second kappa shape index (κ2) is 6.00. The summed E-state index contributed by atoms with van der Waals surface area (Å²) >= 11 is 0. The molecule has 2 atom stereocenters. The summed E-state index contributed by atoms with van der Waals surface area (Å²) in [7, 11) is 1.34. The molecule has 5 nitrogen and oxygen atoms in total. The number of nitrogens with one attached hydrogen (secondary N) is 1. The van der Waals surface area contributed by atoms with Gasteiger partial charge in [0, 0.05) is 6.04 Å². The Bertz CT molecular complexity index is 291. The monoisotopic (exact) mass is 242 g/mol. The molecule has 0 radical (unpaired) electrons. The van der Waals surface area contributed by atoms with Crippen LogP contribution in [0.15, 0.2) is 0 Å². The number of hydrogen-bond donors (Lipinski definition) is 1. The average molecular weight is 242 g/mol. The van der Waals surface area contributed by atoms with Gasteiger partial charge >= 0.3 is 5.97 Å². The van der Waals surface area contributed by atoms with E-state index in [1.807, 2.05) is 13.8 Å². The lowest BCUT2D eigenvalue weighted by Gasteiger charge is -2.29. The summed E-state index contributed by atoms with van der Waals surface area (Å²) in [6, 6.07) is -0.168. The van der Waals surface area contributed by atoms with Gasteiger partial charge in [-0.2, -0.15) is 0 Å². The number of ether oxygens (including phenoxy) is 1. The maximum Gasteiger partial charge on any atom is 0.325 e. The highest BCUT2D eigenvalue weighted by molar-refractivity contribution is 5.86. The first-order valence-electron chi connectivity index (χ1n) is 6.08. The SMILES string of the molecule is COC(=O)CN(C(=O)C1NCCC1C)C(C)C. The number of methoxy groups -OCH3 is 1. The summed E-state index contributed by atoms with van der Waals surface area (Å²) in [6.45, 7) is 6.75. The number of carbonyl (C=O) groups is 2. The minimum absolute atomic E-state index is 0.00352. The van der Waals surface area contributed by atoms with E-state index in [1.165, 1.54) is 7.11 Å². The minimum atomic E-state index is -0.377. The summed E-state index contributed by atoms with van der Waals surface area (Å²) in [5.74, 6) is -0.0607. The van der Waals surface area contributed by atoms with Crippen LogP contribution in [0.2, 0.25) is 0 Å². The van der Waals surface area contributed by atoms with E-state index in [4.69, 9.17) is 0 Å². The Labute approximate surface area is 102 Å². The molecule has 98 valence electrons. The van der Waals surface area contributed by atoms with E-state index in [0.717, 1.165) is 13.0 Å². The highest BCUT2D eigenvalue weighted by Crippen LogP contribution is 2.17. The van der Waals surface area contributed by atoms with Gasteiger partial charge in [0.1, 0.15) is 6.54 Å². The number of hydrogen-bond acceptors (Lipinski definition) is 4. The molecule has 0 saturated carbocycles. The van der Waals surface area contributed by atoms with Crippen LogP contribution < -0.4 is 5.32 Å². The summed E-state index contributed by atoms with van der Waals surface area (Å²) in [6.07, 6.45) is 1.00. The molecule has 0 bridgehead atoms. The number of carbonyl (C=O) groups excluding carboxylic acids is 2. The van der Waals surface area contributed by atoms with Crippen molar-refractivity contribution in [1.29, 1.82) is 0 Å². The first-order chi connectivity index (χ1) is 7.97. The van der Waals surface area contributed by atoms with Crippen LogP contribution in [0.25, 0.3) is 0 Å². The van der Waals surface area contributed by atoms with Crippen LogP contribution in [0.3, 0.4) is 0 Å². The molecule has 5 heteroatoms. The van der Waals surface area contributed by atoms with Gasteiger partial charge in [0.15, 0.2) is 0 Å². The van der Waals surface area contributed by atoms with Crippen molar-refractivity contribution >= 4 is 11.9 Å². The zero-order valence-corrected chi connectivity index (χ0v) is 11.0. The Hall–Kier alpha value is -1.10. The molecule has 0 aromatic rings. The standard InChI is InChI=1S/C12H22N2O3/c1-8(2)14(7-10(15)17-4)12(16)11-9(3)5-6-13-11/h8-9,11,13H,5-7H2,1-4H3. The zero-order chi connectivity index (χ0) is 13.0. The fourth-order valence-electron chi connectivity index (χ4n) is 2.06. The van der Waals surface area contributed by atoms with Crippen LogP contribution in [0.4, 0.5) is 0 Å². The molecule has 1 fully saturated rings. The molecule has 1 N–H and O–H groups in total. The van der Waals surface area contributed by atoms with E-state index in [-0.39, 0.29) is 30.5 Å². The van der Waals surface area contributed by atoms with E-state index in [2.05, 4.69) is 17.0 Å². The lowest BCUT2D eigenvalue weighted by Crippen LogP contribution is -2.50. The van der Waals surface area contributed by atoms with Crippen LogP contribution in [0, 0.1) is 5.92 Å². The van der Waals surface area contributed by atoms with E-state index < -0.39 is 0 Å². The highest BCUT2D eigenvalue weighted by Gasteiger charge is 2.34. The summed E-state index contributed by atoms with van der Waals surface area (Å²) < 4.78 is 4.62. The van der Waals surface area contributed by atoms with E-state index in [1.54, 1.807) is 4.90 Å². The first-order valence-corrected chi connectivity index (χ1v) is 6.08. The molecule has 0 aliphatic carbocycles. The second-order valence-corrected chi connectivity index (χ2v) is 4.83. The molecule has 1 amide bonds. The Morgan fingerprint density at radius 1 is 1.47 bits per heavy atom. The third-order valence-corrected chi connectivity index (χ3v) is 3.23.